The summed E-state index contributed by atoms with van der Waals surface area (Å²) in [5.41, 5.74) is 9.68. The minimum absolute atomic E-state index is 0.688. The van der Waals surface area contributed by atoms with Gasteiger partial charge in [0.25, 0.3) is 0 Å². The number of nitrogens with two attached hydrogens (primary N) is 1. The van der Waals surface area contributed by atoms with Crippen molar-refractivity contribution < 1.29 is 0 Å². The molecule has 0 saturated heterocycles. The first kappa shape index (κ1) is 10.2. The van der Waals surface area contributed by atoms with Gasteiger partial charge >= 0.3 is 0 Å². The molecule has 1 heterocycles. The van der Waals surface area contributed by atoms with Gasteiger partial charge in [-0.1, -0.05) is 46.3 Å². The van der Waals surface area contributed by atoms with E-state index in [4.69, 9.17) is 5.73 Å². The van der Waals surface area contributed by atoms with Crippen LogP contribution in [-0.2, 0) is 5.33 Å². The Morgan fingerprint density at radius 1 is 1.13 bits per heavy atom. The van der Waals surface area contributed by atoms with E-state index in [0.29, 0.717) is 5.33 Å². The van der Waals surface area contributed by atoms with Crippen molar-refractivity contribution in [1.29, 1.82) is 0 Å². The van der Waals surface area contributed by atoms with Crippen LogP contribution in [0.15, 0.2) is 42.6 Å². The number of hydrogen-bond donors (Lipinski definition) is 1. The van der Waals surface area contributed by atoms with Crippen LogP contribution in [0.5, 0.6) is 0 Å². The Morgan fingerprint density at radius 3 is 2.47 bits per heavy atom. The van der Waals surface area contributed by atoms with Crippen molar-refractivity contribution >= 4 is 21.6 Å². The summed E-state index contributed by atoms with van der Waals surface area (Å²) < 4.78 is 0. The number of halogens is 1. The molecule has 3 heteroatoms. The van der Waals surface area contributed by atoms with E-state index < -0.39 is 0 Å². The summed E-state index contributed by atoms with van der Waals surface area (Å²) in [5, 5.41) is 0.688. The van der Waals surface area contributed by atoms with Gasteiger partial charge in [-0.25, -0.2) is 0 Å². The van der Waals surface area contributed by atoms with E-state index in [2.05, 4.69) is 20.9 Å². The molecule has 15 heavy (non-hydrogen) atoms. The molecule has 1 aromatic carbocycles. The van der Waals surface area contributed by atoms with Crippen molar-refractivity contribution in [3.63, 3.8) is 0 Å². The summed E-state index contributed by atoms with van der Waals surface area (Å²) >= 11 is 3.35. The van der Waals surface area contributed by atoms with Gasteiger partial charge in [-0.2, -0.15) is 0 Å². The minimum atomic E-state index is 0.688. The van der Waals surface area contributed by atoms with Crippen molar-refractivity contribution in [3.05, 3.63) is 48.3 Å². The molecule has 2 nitrogen and oxygen atoms in total. The van der Waals surface area contributed by atoms with E-state index in [0.717, 1.165) is 22.5 Å². The van der Waals surface area contributed by atoms with Crippen molar-refractivity contribution in [2.75, 3.05) is 5.73 Å². The van der Waals surface area contributed by atoms with E-state index in [1.807, 2.05) is 42.6 Å². The lowest BCUT2D eigenvalue weighted by molar-refractivity contribution is 1.19. The zero-order valence-corrected chi connectivity index (χ0v) is 9.74. The lowest BCUT2D eigenvalue weighted by Crippen LogP contribution is -1.95. The molecule has 0 aliphatic carbocycles. The maximum absolute atomic E-state index is 5.88. The highest BCUT2D eigenvalue weighted by Gasteiger charge is 2.02. The Kier molecular flexibility index (Phi) is 3.02. The fraction of sp³-hybridized carbons (Fsp3) is 0.0833. The highest BCUT2D eigenvalue weighted by Crippen LogP contribution is 2.22. The quantitative estimate of drug-likeness (QED) is 0.845. The van der Waals surface area contributed by atoms with E-state index in [1.165, 1.54) is 0 Å². The number of anilines is 1. The van der Waals surface area contributed by atoms with Crippen LogP contribution in [0.25, 0.3) is 11.1 Å². The topological polar surface area (TPSA) is 38.9 Å². The lowest BCUT2D eigenvalue weighted by Gasteiger charge is -2.05. The predicted molar refractivity (Wildman–Crippen MR) is 66.7 cm³/mol. The summed E-state index contributed by atoms with van der Waals surface area (Å²) in [6.07, 6.45) is 1.85. The smallest absolute Gasteiger partial charge is 0.0738 e. The molecule has 1 aromatic heterocycles. The molecular formula is C12H11BrN2. The molecule has 0 atom stereocenters. The van der Waals surface area contributed by atoms with E-state index in [-0.39, 0.29) is 0 Å². The Bertz CT molecular complexity index is 454. The number of aromatic nitrogens is 1. The average molecular weight is 263 g/mol. The van der Waals surface area contributed by atoms with Gasteiger partial charge < -0.3 is 5.73 Å². The number of rotatable bonds is 2. The van der Waals surface area contributed by atoms with Crippen molar-refractivity contribution in [2.24, 2.45) is 0 Å². The normalized spacial score (nSPS) is 10.2. The van der Waals surface area contributed by atoms with Crippen LogP contribution in [0.3, 0.4) is 0 Å². The van der Waals surface area contributed by atoms with Crippen molar-refractivity contribution in [2.45, 2.75) is 5.33 Å². The third-order valence-electron chi connectivity index (χ3n) is 2.24. The van der Waals surface area contributed by atoms with Crippen molar-refractivity contribution in [1.82, 2.24) is 4.98 Å². The first-order chi connectivity index (χ1) is 7.31. The van der Waals surface area contributed by atoms with Crippen LogP contribution in [-0.4, -0.2) is 4.98 Å². The molecule has 0 fully saturated rings. The number of hydrogen-bond acceptors (Lipinski definition) is 2. The van der Waals surface area contributed by atoms with Gasteiger partial charge in [0, 0.05) is 17.1 Å². The van der Waals surface area contributed by atoms with E-state index in [9.17, 15) is 0 Å². The highest BCUT2D eigenvalue weighted by atomic mass is 79.9. The van der Waals surface area contributed by atoms with Gasteiger partial charge in [-0.05, 0) is 11.6 Å². The number of nitrogen functional groups attached to an aromatic ring is 1. The van der Waals surface area contributed by atoms with Gasteiger partial charge in [0.1, 0.15) is 0 Å². The molecule has 2 rings (SSSR count). The van der Waals surface area contributed by atoms with Crippen LogP contribution in [0.4, 0.5) is 5.69 Å². The fourth-order valence-corrected chi connectivity index (χ4v) is 1.88. The van der Waals surface area contributed by atoms with Gasteiger partial charge in [0.05, 0.1) is 11.4 Å². The SMILES string of the molecule is Nc1cc(-c2ccccc2)cnc1CBr. The van der Waals surface area contributed by atoms with Gasteiger partial charge in [-0.3, -0.25) is 4.98 Å². The first-order valence-corrected chi connectivity index (χ1v) is 5.79. The fourth-order valence-electron chi connectivity index (χ4n) is 1.41. The van der Waals surface area contributed by atoms with Crippen LogP contribution in [0, 0.1) is 0 Å². The van der Waals surface area contributed by atoms with Crippen LogP contribution < -0.4 is 5.73 Å². The second-order valence-electron chi connectivity index (χ2n) is 3.26. The predicted octanol–water partition coefficient (Wildman–Crippen LogP) is 3.23. The van der Waals surface area contributed by atoms with Gasteiger partial charge in [0.15, 0.2) is 0 Å². The van der Waals surface area contributed by atoms with E-state index in [1.54, 1.807) is 0 Å². The van der Waals surface area contributed by atoms with Gasteiger partial charge in [-0.15, -0.1) is 0 Å². The highest BCUT2D eigenvalue weighted by molar-refractivity contribution is 9.08. The zero-order valence-electron chi connectivity index (χ0n) is 8.15. The summed E-state index contributed by atoms with van der Waals surface area (Å²) in [6, 6.07) is 12.1. The molecule has 0 saturated carbocycles. The van der Waals surface area contributed by atoms with Crippen molar-refractivity contribution in [3.8, 4) is 11.1 Å². The minimum Gasteiger partial charge on any atom is -0.397 e. The number of pyridine rings is 1. The molecule has 0 aliphatic rings. The summed E-state index contributed by atoms with van der Waals surface area (Å²) in [4.78, 5) is 4.30. The van der Waals surface area contributed by atoms with Crippen LogP contribution in [0.2, 0.25) is 0 Å². The molecule has 0 spiro atoms. The van der Waals surface area contributed by atoms with Crippen LogP contribution in [0.1, 0.15) is 5.69 Å². The summed E-state index contributed by atoms with van der Waals surface area (Å²) in [5.74, 6) is 0. The number of benzene rings is 1. The lowest BCUT2D eigenvalue weighted by atomic mass is 10.1. The molecule has 76 valence electrons. The van der Waals surface area contributed by atoms with Crippen LogP contribution >= 0.6 is 15.9 Å². The molecule has 2 aromatic rings. The third kappa shape index (κ3) is 2.18. The molecule has 0 amide bonds. The standard InChI is InChI=1S/C12H11BrN2/c13-7-12-11(14)6-10(8-15-12)9-4-2-1-3-5-9/h1-6,8H,7,14H2. The molecular weight excluding hydrogens is 252 g/mol. The molecule has 0 unspecified atom stereocenters. The number of alkyl halides is 1. The zero-order chi connectivity index (χ0) is 10.7. The second kappa shape index (κ2) is 4.45. The second-order valence-corrected chi connectivity index (χ2v) is 3.82. The molecule has 2 N–H and O–H groups in total. The molecule has 0 radical (unpaired) electrons. The summed E-state index contributed by atoms with van der Waals surface area (Å²) in [6.45, 7) is 0. The average Bonchev–Trinajstić information content (AvgIpc) is 2.30. The monoisotopic (exact) mass is 262 g/mol. The Labute approximate surface area is 97.3 Å². The molecule has 0 aliphatic heterocycles. The maximum Gasteiger partial charge on any atom is 0.0738 e. The maximum atomic E-state index is 5.88. The van der Waals surface area contributed by atoms with Gasteiger partial charge in [0.2, 0.25) is 0 Å². The number of nitrogens with zero attached hydrogens (tertiary/aromatic N) is 1. The first-order valence-electron chi connectivity index (χ1n) is 4.67. The Morgan fingerprint density at radius 2 is 1.87 bits per heavy atom. The Balaban J connectivity index is 2.43. The van der Waals surface area contributed by atoms with E-state index >= 15 is 0 Å². The third-order valence-corrected chi connectivity index (χ3v) is 2.77. The largest absolute Gasteiger partial charge is 0.397 e. The Hall–Kier alpha value is -1.35. The molecule has 0 bridgehead atoms. The summed E-state index contributed by atoms with van der Waals surface area (Å²) in [7, 11) is 0.